The van der Waals surface area contributed by atoms with Crippen LogP contribution in [0.5, 0.6) is 0 Å². The number of hydrogen-bond donors (Lipinski definition) is 1. The maximum absolute atomic E-state index is 9.91. The maximum Gasteiger partial charge on any atom is 0.177 e. The van der Waals surface area contributed by atoms with Crippen LogP contribution in [0.1, 0.15) is 37.9 Å². The van der Waals surface area contributed by atoms with Crippen molar-refractivity contribution in [2.24, 2.45) is 7.05 Å². The van der Waals surface area contributed by atoms with Crippen LogP contribution in [0.4, 0.5) is 0 Å². The van der Waals surface area contributed by atoms with Gasteiger partial charge in [0.1, 0.15) is 0 Å². The Morgan fingerprint density at radius 2 is 2.31 bits per heavy atom. The number of allylic oxidation sites excluding steroid dienone is 1. The van der Waals surface area contributed by atoms with Gasteiger partial charge in [-0.1, -0.05) is 11.6 Å². The van der Waals surface area contributed by atoms with Crippen molar-refractivity contribution in [2.45, 2.75) is 44.6 Å². The van der Waals surface area contributed by atoms with Crippen LogP contribution in [0.3, 0.4) is 0 Å². The van der Waals surface area contributed by atoms with E-state index in [4.69, 9.17) is 0 Å². The number of aliphatic hydroxyl groups excluding tert-OH is 1. The Balaban J connectivity index is 1.83. The average molecular weight is 222 g/mol. The molecule has 0 fully saturated rings. The van der Waals surface area contributed by atoms with Crippen LogP contribution in [-0.2, 0) is 13.5 Å². The summed E-state index contributed by atoms with van der Waals surface area (Å²) in [7, 11) is 1.73. The van der Waals surface area contributed by atoms with E-state index in [1.807, 2.05) is 0 Å². The molecule has 1 aromatic heterocycles. The molecular formula is C11H18N4O. The fourth-order valence-corrected chi connectivity index (χ4v) is 2.08. The summed E-state index contributed by atoms with van der Waals surface area (Å²) in [4.78, 5) is 1.42. The van der Waals surface area contributed by atoms with Gasteiger partial charge in [-0.25, -0.2) is 0 Å². The Morgan fingerprint density at radius 1 is 1.44 bits per heavy atom. The monoisotopic (exact) mass is 222 g/mol. The molecule has 1 aliphatic carbocycles. The lowest BCUT2D eigenvalue weighted by Crippen LogP contribution is -2.13. The molecule has 1 atom stereocenters. The molecule has 1 aliphatic rings. The topological polar surface area (TPSA) is 63.8 Å². The number of rotatable bonds is 4. The Labute approximate surface area is 95.2 Å². The molecule has 16 heavy (non-hydrogen) atoms. The van der Waals surface area contributed by atoms with Crippen molar-refractivity contribution in [1.29, 1.82) is 0 Å². The molecule has 0 spiro atoms. The van der Waals surface area contributed by atoms with Crippen molar-refractivity contribution in [3.8, 4) is 0 Å². The van der Waals surface area contributed by atoms with Gasteiger partial charge in [0.15, 0.2) is 5.82 Å². The van der Waals surface area contributed by atoms with Gasteiger partial charge in [-0.3, -0.25) is 0 Å². The summed E-state index contributed by atoms with van der Waals surface area (Å²) in [5.74, 6) is 0.617. The zero-order valence-corrected chi connectivity index (χ0v) is 9.63. The molecule has 1 heterocycles. The molecule has 1 unspecified atom stereocenters. The van der Waals surface area contributed by atoms with E-state index in [9.17, 15) is 5.11 Å². The first-order chi connectivity index (χ1) is 7.74. The van der Waals surface area contributed by atoms with Crippen LogP contribution in [-0.4, -0.2) is 31.4 Å². The lowest BCUT2D eigenvalue weighted by molar-refractivity contribution is 0.171. The van der Waals surface area contributed by atoms with Crippen LogP contribution in [0.25, 0.3) is 0 Å². The SMILES string of the molecule is Cn1nnc(CC(O)CC2=CCCCC2)n1. The van der Waals surface area contributed by atoms with Crippen molar-refractivity contribution in [3.05, 3.63) is 17.5 Å². The largest absolute Gasteiger partial charge is 0.392 e. The van der Waals surface area contributed by atoms with Gasteiger partial charge in [-0.15, -0.1) is 10.2 Å². The third-order valence-electron chi connectivity index (χ3n) is 2.85. The fourth-order valence-electron chi connectivity index (χ4n) is 2.08. The van der Waals surface area contributed by atoms with Crippen LogP contribution in [0, 0.1) is 0 Å². The predicted octanol–water partition coefficient (Wildman–Crippen LogP) is 1.00. The Morgan fingerprint density at radius 3 is 2.94 bits per heavy atom. The minimum atomic E-state index is -0.381. The summed E-state index contributed by atoms with van der Waals surface area (Å²) in [6, 6.07) is 0. The lowest BCUT2D eigenvalue weighted by Gasteiger charge is -2.15. The first kappa shape index (κ1) is 11.3. The van der Waals surface area contributed by atoms with Gasteiger partial charge in [-0.05, 0) is 37.3 Å². The summed E-state index contributed by atoms with van der Waals surface area (Å²) in [5.41, 5.74) is 1.38. The molecule has 88 valence electrons. The highest BCUT2D eigenvalue weighted by atomic mass is 16.3. The highest BCUT2D eigenvalue weighted by Gasteiger charge is 2.13. The summed E-state index contributed by atoms with van der Waals surface area (Å²) in [6.45, 7) is 0. The van der Waals surface area contributed by atoms with E-state index in [1.165, 1.54) is 23.2 Å². The average Bonchev–Trinajstić information content (AvgIpc) is 2.65. The van der Waals surface area contributed by atoms with Crippen LogP contribution in [0.2, 0.25) is 0 Å². The second-order valence-corrected chi connectivity index (χ2v) is 4.37. The molecule has 5 heteroatoms. The Kier molecular flexibility index (Phi) is 3.66. The van der Waals surface area contributed by atoms with Gasteiger partial charge >= 0.3 is 0 Å². The van der Waals surface area contributed by atoms with Crippen LogP contribution >= 0.6 is 0 Å². The molecule has 0 saturated carbocycles. The highest BCUT2D eigenvalue weighted by Crippen LogP contribution is 2.21. The van der Waals surface area contributed by atoms with E-state index in [1.54, 1.807) is 7.05 Å². The molecule has 5 nitrogen and oxygen atoms in total. The maximum atomic E-state index is 9.91. The number of tetrazole rings is 1. The van der Waals surface area contributed by atoms with Gasteiger partial charge in [0.25, 0.3) is 0 Å². The molecule has 0 radical (unpaired) electrons. The number of nitrogens with zero attached hydrogens (tertiary/aromatic N) is 4. The summed E-state index contributed by atoms with van der Waals surface area (Å²) < 4.78 is 0. The first-order valence-electron chi connectivity index (χ1n) is 5.83. The molecule has 1 N–H and O–H groups in total. The minimum absolute atomic E-state index is 0.381. The van der Waals surface area contributed by atoms with E-state index in [-0.39, 0.29) is 6.10 Å². The zero-order valence-electron chi connectivity index (χ0n) is 9.63. The Bertz CT molecular complexity index is 372. The number of hydrogen-bond acceptors (Lipinski definition) is 4. The fraction of sp³-hybridized carbons (Fsp3) is 0.727. The van der Waals surface area contributed by atoms with Crippen LogP contribution in [0.15, 0.2) is 11.6 Å². The van der Waals surface area contributed by atoms with E-state index in [2.05, 4.69) is 21.5 Å². The third kappa shape index (κ3) is 3.13. The zero-order chi connectivity index (χ0) is 11.4. The van der Waals surface area contributed by atoms with Crippen LogP contribution < -0.4 is 0 Å². The molecule has 0 aliphatic heterocycles. The second-order valence-electron chi connectivity index (χ2n) is 4.37. The second kappa shape index (κ2) is 5.21. The van der Waals surface area contributed by atoms with Gasteiger partial charge in [0, 0.05) is 6.42 Å². The standard InChI is InChI=1S/C11H18N4O/c1-15-13-11(12-14-15)8-10(16)7-9-5-3-2-4-6-9/h5,10,16H,2-4,6-8H2,1H3. The van der Waals surface area contributed by atoms with Crippen molar-refractivity contribution >= 4 is 0 Å². The van der Waals surface area contributed by atoms with E-state index in [0.29, 0.717) is 12.2 Å². The van der Waals surface area contributed by atoms with Crippen molar-refractivity contribution < 1.29 is 5.11 Å². The van der Waals surface area contributed by atoms with Gasteiger partial charge in [-0.2, -0.15) is 4.80 Å². The normalized spacial score (nSPS) is 18.2. The van der Waals surface area contributed by atoms with Gasteiger partial charge < -0.3 is 5.11 Å². The molecule has 1 aromatic rings. The summed E-state index contributed by atoms with van der Waals surface area (Å²) in [5, 5.41) is 21.6. The molecule has 0 saturated heterocycles. The number of aliphatic hydroxyl groups is 1. The molecular weight excluding hydrogens is 204 g/mol. The predicted molar refractivity (Wildman–Crippen MR) is 59.7 cm³/mol. The molecule has 0 bridgehead atoms. The molecule has 2 rings (SSSR count). The van der Waals surface area contributed by atoms with E-state index < -0.39 is 0 Å². The quantitative estimate of drug-likeness (QED) is 0.772. The summed E-state index contributed by atoms with van der Waals surface area (Å²) in [6.07, 6.45) is 7.94. The first-order valence-corrected chi connectivity index (χ1v) is 5.83. The minimum Gasteiger partial charge on any atom is -0.392 e. The number of aromatic nitrogens is 4. The van der Waals surface area contributed by atoms with Gasteiger partial charge in [0.2, 0.25) is 0 Å². The summed E-state index contributed by atoms with van der Waals surface area (Å²) >= 11 is 0. The third-order valence-corrected chi connectivity index (χ3v) is 2.85. The lowest BCUT2D eigenvalue weighted by atomic mass is 9.94. The van der Waals surface area contributed by atoms with Crippen molar-refractivity contribution in [1.82, 2.24) is 20.2 Å². The Hall–Kier alpha value is -1.23. The highest BCUT2D eigenvalue weighted by molar-refractivity contribution is 5.06. The van der Waals surface area contributed by atoms with E-state index in [0.717, 1.165) is 19.3 Å². The van der Waals surface area contributed by atoms with Crippen molar-refractivity contribution in [2.75, 3.05) is 0 Å². The van der Waals surface area contributed by atoms with Crippen molar-refractivity contribution in [3.63, 3.8) is 0 Å². The molecule has 0 aromatic carbocycles. The smallest absolute Gasteiger partial charge is 0.177 e. The van der Waals surface area contributed by atoms with E-state index >= 15 is 0 Å². The van der Waals surface area contributed by atoms with Gasteiger partial charge in [0.05, 0.1) is 13.2 Å². The number of aryl methyl sites for hydroxylation is 1. The molecule has 0 amide bonds.